The first-order valence-corrected chi connectivity index (χ1v) is 8.29. The lowest BCUT2D eigenvalue weighted by Crippen LogP contribution is -2.32. The van der Waals surface area contributed by atoms with Crippen molar-refractivity contribution in [2.75, 3.05) is 0 Å². The number of hydrogen-bond acceptors (Lipinski definition) is 0. The number of rotatable bonds is 1. The monoisotopic (exact) mass is 170 g/mol. The fourth-order valence-electron chi connectivity index (χ4n) is 1.96. The van der Waals surface area contributed by atoms with E-state index in [0.29, 0.717) is 0 Å². The van der Waals surface area contributed by atoms with Crippen LogP contribution >= 0.6 is 0 Å². The van der Waals surface area contributed by atoms with Crippen molar-refractivity contribution in [2.45, 2.75) is 56.9 Å². The van der Waals surface area contributed by atoms with Crippen LogP contribution in [0.2, 0.25) is 25.2 Å². The van der Waals surface area contributed by atoms with Gasteiger partial charge in [0.2, 0.25) is 0 Å². The van der Waals surface area contributed by atoms with E-state index in [9.17, 15) is 0 Å². The standard InChI is InChI=1S/C9H20NSi/c1-11(2,3)9-6-4-8(10)5-7-9/h8-10H,4-7H2,1-3H3. The van der Waals surface area contributed by atoms with Crippen LogP contribution in [0.15, 0.2) is 0 Å². The van der Waals surface area contributed by atoms with Crippen LogP contribution in [-0.2, 0) is 0 Å². The minimum atomic E-state index is -0.869. The van der Waals surface area contributed by atoms with E-state index in [0.717, 1.165) is 18.4 Å². The van der Waals surface area contributed by atoms with Gasteiger partial charge in [0.15, 0.2) is 0 Å². The maximum Gasteiger partial charge on any atom is 0.0473 e. The Balaban J connectivity index is 2.39. The highest BCUT2D eigenvalue weighted by molar-refractivity contribution is 6.77. The van der Waals surface area contributed by atoms with E-state index in [2.05, 4.69) is 19.6 Å². The zero-order valence-corrected chi connectivity index (χ0v) is 8.98. The first-order valence-electron chi connectivity index (χ1n) is 4.71. The summed E-state index contributed by atoms with van der Waals surface area (Å²) in [7, 11) is -0.869. The van der Waals surface area contributed by atoms with Crippen LogP contribution in [0, 0.1) is 0 Å². The molecule has 0 atom stereocenters. The fourth-order valence-corrected chi connectivity index (χ4v) is 4.02. The summed E-state index contributed by atoms with van der Waals surface area (Å²) in [5, 5.41) is 0. The van der Waals surface area contributed by atoms with Crippen LogP contribution < -0.4 is 5.73 Å². The highest BCUT2D eigenvalue weighted by Gasteiger charge is 2.29. The van der Waals surface area contributed by atoms with Crippen LogP contribution in [0.4, 0.5) is 0 Å². The van der Waals surface area contributed by atoms with Crippen LogP contribution in [0.25, 0.3) is 0 Å². The van der Waals surface area contributed by atoms with Crippen molar-refractivity contribution in [3.63, 3.8) is 0 Å². The average Bonchev–Trinajstić information content (AvgIpc) is 1.86. The van der Waals surface area contributed by atoms with Gasteiger partial charge in [0.25, 0.3) is 0 Å². The smallest absolute Gasteiger partial charge is 0.0473 e. The maximum atomic E-state index is 7.58. The molecular weight excluding hydrogens is 150 g/mol. The summed E-state index contributed by atoms with van der Waals surface area (Å²) in [6, 6.07) is 0.266. The van der Waals surface area contributed by atoms with Gasteiger partial charge >= 0.3 is 0 Å². The summed E-state index contributed by atoms with van der Waals surface area (Å²) < 4.78 is 0. The molecule has 0 aromatic rings. The second-order valence-electron chi connectivity index (χ2n) is 4.91. The first kappa shape index (κ1) is 9.27. The number of hydrogen-bond donors (Lipinski definition) is 0. The van der Waals surface area contributed by atoms with Gasteiger partial charge in [-0.05, 0) is 18.4 Å². The van der Waals surface area contributed by atoms with E-state index in [1.54, 1.807) is 0 Å². The van der Waals surface area contributed by atoms with Crippen molar-refractivity contribution in [3.8, 4) is 0 Å². The van der Waals surface area contributed by atoms with Gasteiger partial charge in [0.1, 0.15) is 0 Å². The molecule has 1 nitrogen and oxygen atoms in total. The quantitative estimate of drug-likeness (QED) is 0.540. The molecule has 0 unspecified atom stereocenters. The lowest BCUT2D eigenvalue weighted by molar-refractivity contribution is 0.425. The van der Waals surface area contributed by atoms with E-state index in [4.69, 9.17) is 5.73 Å². The summed E-state index contributed by atoms with van der Waals surface area (Å²) >= 11 is 0. The molecule has 65 valence electrons. The Morgan fingerprint density at radius 1 is 1.00 bits per heavy atom. The predicted octanol–water partition coefficient (Wildman–Crippen LogP) is 2.92. The molecule has 1 radical (unpaired) electrons. The summed E-state index contributed by atoms with van der Waals surface area (Å²) in [6.45, 7) is 7.38. The van der Waals surface area contributed by atoms with Gasteiger partial charge in [-0.25, -0.2) is 0 Å². The van der Waals surface area contributed by atoms with Gasteiger partial charge in [0.05, 0.1) is 0 Å². The number of nitrogens with one attached hydrogen (secondary N) is 1. The highest BCUT2D eigenvalue weighted by Crippen LogP contribution is 2.36. The molecule has 0 spiro atoms. The van der Waals surface area contributed by atoms with Gasteiger partial charge in [-0.1, -0.05) is 32.5 Å². The summed E-state index contributed by atoms with van der Waals surface area (Å²) in [6.07, 6.45) is 5.00. The molecule has 1 fully saturated rings. The fraction of sp³-hybridized carbons (Fsp3) is 1.00. The molecule has 0 aromatic heterocycles. The molecule has 2 heteroatoms. The largest absolute Gasteiger partial charge is 0.255 e. The lowest BCUT2D eigenvalue weighted by Gasteiger charge is -2.34. The summed E-state index contributed by atoms with van der Waals surface area (Å²) in [5.74, 6) is 0. The maximum absolute atomic E-state index is 7.58. The highest BCUT2D eigenvalue weighted by atomic mass is 28.3. The zero-order chi connectivity index (χ0) is 8.48. The van der Waals surface area contributed by atoms with Crippen molar-refractivity contribution < 1.29 is 0 Å². The second-order valence-corrected chi connectivity index (χ2v) is 10.5. The van der Waals surface area contributed by atoms with E-state index in [1.807, 2.05) is 0 Å². The van der Waals surface area contributed by atoms with Crippen LogP contribution in [0.3, 0.4) is 0 Å². The first-order chi connectivity index (χ1) is 5.00. The molecule has 1 rings (SSSR count). The minimum absolute atomic E-state index is 0.266. The zero-order valence-electron chi connectivity index (χ0n) is 7.98. The molecule has 0 heterocycles. The summed E-state index contributed by atoms with van der Waals surface area (Å²) in [5.41, 5.74) is 8.59. The van der Waals surface area contributed by atoms with E-state index >= 15 is 0 Å². The molecule has 1 saturated carbocycles. The molecule has 1 aliphatic carbocycles. The van der Waals surface area contributed by atoms with Crippen molar-refractivity contribution >= 4 is 8.07 Å². The normalized spacial score (nSPS) is 33.8. The Kier molecular flexibility index (Phi) is 2.76. The van der Waals surface area contributed by atoms with Crippen molar-refractivity contribution in [1.29, 1.82) is 0 Å². The Morgan fingerprint density at radius 2 is 1.45 bits per heavy atom. The van der Waals surface area contributed by atoms with Gasteiger partial charge in [-0.3, -0.25) is 5.73 Å². The molecule has 11 heavy (non-hydrogen) atoms. The van der Waals surface area contributed by atoms with Gasteiger partial charge in [-0.2, -0.15) is 0 Å². The lowest BCUT2D eigenvalue weighted by atomic mass is 9.96. The molecule has 1 aliphatic rings. The van der Waals surface area contributed by atoms with Crippen molar-refractivity contribution in [2.24, 2.45) is 0 Å². The Labute approximate surface area is 71.4 Å². The molecule has 1 N–H and O–H groups in total. The van der Waals surface area contributed by atoms with E-state index in [1.165, 1.54) is 12.8 Å². The Bertz CT molecular complexity index is 120. The molecular formula is C9H20NSi. The third kappa shape index (κ3) is 2.60. The molecule has 0 saturated heterocycles. The SMILES string of the molecule is C[Si](C)(C)C1CCC([NH])CC1. The molecule has 0 aromatic carbocycles. The van der Waals surface area contributed by atoms with E-state index in [-0.39, 0.29) is 6.04 Å². The molecule has 0 bridgehead atoms. The summed E-state index contributed by atoms with van der Waals surface area (Å²) in [4.78, 5) is 0. The minimum Gasteiger partial charge on any atom is -0.255 e. The third-order valence-corrected chi connectivity index (χ3v) is 5.98. The van der Waals surface area contributed by atoms with Gasteiger partial charge in [-0.15, -0.1) is 0 Å². The Hall–Kier alpha value is 0.177. The average molecular weight is 170 g/mol. The van der Waals surface area contributed by atoms with Crippen molar-refractivity contribution in [1.82, 2.24) is 5.73 Å². The Morgan fingerprint density at radius 3 is 1.82 bits per heavy atom. The van der Waals surface area contributed by atoms with E-state index < -0.39 is 8.07 Å². The third-order valence-electron chi connectivity index (χ3n) is 2.95. The van der Waals surface area contributed by atoms with Crippen LogP contribution in [0.5, 0.6) is 0 Å². The van der Waals surface area contributed by atoms with Crippen LogP contribution in [-0.4, -0.2) is 14.1 Å². The van der Waals surface area contributed by atoms with Crippen molar-refractivity contribution in [3.05, 3.63) is 0 Å². The second kappa shape index (κ2) is 3.28. The van der Waals surface area contributed by atoms with Gasteiger partial charge in [0, 0.05) is 14.1 Å². The molecule has 0 aliphatic heterocycles. The van der Waals surface area contributed by atoms with Crippen LogP contribution in [0.1, 0.15) is 25.7 Å². The molecule has 0 amide bonds. The predicted molar refractivity (Wildman–Crippen MR) is 52.4 cm³/mol. The van der Waals surface area contributed by atoms with Gasteiger partial charge < -0.3 is 0 Å². The topological polar surface area (TPSA) is 23.8 Å².